The molecule has 0 radical (unpaired) electrons. The molecule has 1 amide bonds. The highest BCUT2D eigenvalue weighted by atomic mass is 16.5. The van der Waals surface area contributed by atoms with Crippen LogP contribution in [-0.4, -0.2) is 66.2 Å². The maximum absolute atomic E-state index is 12.5. The van der Waals surface area contributed by atoms with Crippen LogP contribution in [0.1, 0.15) is 30.5 Å². The molecule has 30 heavy (non-hydrogen) atoms. The van der Waals surface area contributed by atoms with Crippen molar-refractivity contribution < 1.29 is 9.53 Å². The molecule has 1 atom stereocenters. The normalized spacial score (nSPS) is 16.9. The minimum absolute atomic E-state index is 0.120. The van der Waals surface area contributed by atoms with Crippen molar-refractivity contribution in [1.29, 1.82) is 0 Å². The summed E-state index contributed by atoms with van der Waals surface area (Å²) < 4.78 is 5.46. The van der Waals surface area contributed by atoms with Crippen LogP contribution in [0.4, 0.5) is 0 Å². The maximum Gasteiger partial charge on any atom is 0.264 e. The van der Waals surface area contributed by atoms with E-state index in [0.717, 1.165) is 50.5 Å². The molecule has 162 valence electrons. The molecule has 0 saturated carbocycles. The quantitative estimate of drug-likeness (QED) is 0.683. The summed E-state index contributed by atoms with van der Waals surface area (Å²) in [5.74, 6) is 1.57. The Labute approximate surface area is 178 Å². The van der Waals surface area contributed by atoms with Gasteiger partial charge in [-0.2, -0.15) is 5.10 Å². The second-order valence-electron chi connectivity index (χ2n) is 8.06. The SMILES string of the molecule is COc1ccccc1CCN1CCC[C@@H](CN(C)C(=O)CCc2ccc(=O)[nH]n2)C1. The number of aromatic amines is 1. The molecule has 1 fully saturated rings. The van der Waals surface area contributed by atoms with Crippen molar-refractivity contribution in [2.75, 3.05) is 40.3 Å². The molecule has 1 aromatic carbocycles. The van der Waals surface area contributed by atoms with E-state index in [1.807, 2.05) is 24.1 Å². The molecule has 1 aromatic heterocycles. The minimum atomic E-state index is -0.227. The molecule has 1 aliphatic rings. The summed E-state index contributed by atoms with van der Waals surface area (Å²) in [6.07, 6.45) is 4.23. The second kappa shape index (κ2) is 10.9. The number of likely N-dealkylation sites (tertiary alicyclic amines) is 1. The third kappa shape index (κ3) is 6.42. The maximum atomic E-state index is 12.5. The Morgan fingerprint density at radius 3 is 2.87 bits per heavy atom. The number of carbonyl (C=O) groups excluding carboxylic acids is 1. The molecule has 1 N–H and O–H groups in total. The molecule has 7 heteroatoms. The Hall–Kier alpha value is -2.67. The van der Waals surface area contributed by atoms with Crippen LogP contribution in [0.2, 0.25) is 0 Å². The number of hydrogen-bond acceptors (Lipinski definition) is 5. The number of hydrogen-bond donors (Lipinski definition) is 1. The number of carbonyl (C=O) groups is 1. The van der Waals surface area contributed by atoms with E-state index in [9.17, 15) is 9.59 Å². The van der Waals surface area contributed by atoms with E-state index in [1.165, 1.54) is 18.1 Å². The van der Waals surface area contributed by atoms with Gasteiger partial charge in [-0.1, -0.05) is 18.2 Å². The van der Waals surface area contributed by atoms with E-state index in [4.69, 9.17) is 4.74 Å². The van der Waals surface area contributed by atoms with Crippen LogP contribution < -0.4 is 10.3 Å². The summed E-state index contributed by atoms with van der Waals surface area (Å²) in [6.45, 7) is 3.92. The fourth-order valence-corrected chi connectivity index (χ4v) is 4.12. The van der Waals surface area contributed by atoms with Gasteiger partial charge >= 0.3 is 0 Å². The van der Waals surface area contributed by atoms with Crippen LogP contribution >= 0.6 is 0 Å². The van der Waals surface area contributed by atoms with E-state index in [0.29, 0.717) is 18.8 Å². The van der Waals surface area contributed by atoms with Crippen molar-refractivity contribution >= 4 is 5.91 Å². The fraction of sp³-hybridized carbons (Fsp3) is 0.522. The van der Waals surface area contributed by atoms with E-state index < -0.39 is 0 Å². The third-order valence-corrected chi connectivity index (χ3v) is 5.78. The molecule has 0 spiro atoms. The lowest BCUT2D eigenvalue weighted by Crippen LogP contribution is -2.42. The van der Waals surface area contributed by atoms with Crippen molar-refractivity contribution in [3.05, 3.63) is 58.0 Å². The van der Waals surface area contributed by atoms with Crippen LogP contribution in [0.15, 0.2) is 41.2 Å². The second-order valence-corrected chi connectivity index (χ2v) is 8.06. The van der Waals surface area contributed by atoms with Gasteiger partial charge in [0.1, 0.15) is 5.75 Å². The van der Waals surface area contributed by atoms with Gasteiger partial charge in [0.05, 0.1) is 12.8 Å². The van der Waals surface area contributed by atoms with Crippen molar-refractivity contribution in [3.63, 3.8) is 0 Å². The molecule has 2 aromatic rings. The number of piperidine rings is 1. The monoisotopic (exact) mass is 412 g/mol. The fourth-order valence-electron chi connectivity index (χ4n) is 4.12. The first-order valence-electron chi connectivity index (χ1n) is 10.7. The zero-order valence-electron chi connectivity index (χ0n) is 18.0. The van der Waals surface area contributed by atoms with Gasteiger partial charge < -0.3 is 14.5 Å². The zero-order chi connectivity index (χ0) is 21.3. The first-order chi connectivity index (χ1) is 14.5. The van der Waals surface area contributed by atoms with Crippen molar-refractivity contribution in [2.24, 2.45) is 5.92 Å². The molecule has 1 aliphatic heterocycles. The molecular weight excluding hydrogens is 380 g/mol. The van der Waals surface area contributed by atoms with Crippen molar-refractivity contribution in [1.82, 2.24) is 20.0 Å². The molecule has 0 aliphatic carbocycles. The molecule has 0 unspecified atom stereocenters. The standard InChI is InChI=1S/C23H32N4O3/c1-26(23(29)12-10-20-9-11-22(28)25-24-20)16-18-6-5-14-27(17-18)15-13-19-7-3-4-8-21(19)30-2/h3-4,7-9,11,18H,5-6,10,12-17H2,1-2H3,(H,25,28)/t18-/m0/s1. The number of rotatable bonds is 9. The number of amides is 1. The Morgan fingerprint density at radius 2 is 2.10 bits per heavy atom. The topological polar surface area (TPSA) is 78.5 Å². The zero-order valence-corrected chi connectivity index (χ0v) is 18.0. The van der Waals surface area contributed by atoms with E-state index >= 15 is 0 Å². The van der Waals surface area contributed by atoms with Gasteiger partial charge in [-0.15, -0.1) is 0 Å². The molecule has 3 rings (SSSR count). The predicted molar refractivity (Wildman–Crippen MR) is 117 cm³/mol. The molecule has 7 nitrogen and oxygen atoms in total. The average molecular weight is 413 g/mol. The van der Waals surface area contributed by atoms with E-state index in [1.54, 1.807) is 13.2 Å². The number of H-pyrrole nitrogens is 1. The lowest BCUT2D eigenvalue weighted by Gasteiger charge is -2.34. The van der Waals surface area contributed by atoms with Gasteiger partial charge in [-0.25, -0.2) is 5.10 Å². The number of ether oxygens (including phenoxy) is 1. The average Bonchev–Trinajstić information content (AvgIpc) is 2.77. The minimum Gasteiger partial charge on any atom is -0.496 e. The molecular formula is C23H32N4O3. The number of nitrogens with zero attached hydrogens (tertiary/aromatic N) is 3. The van der Waals surface area contributed by atoms with Crippen LogP contribution in [0.5, 0.6) is 5.75 Å². The first-order valence-corrected chi connectivity index (χ1v) is 10.7. The first kappa shape index (κ1) is 22.0. The lowest BCUT2D eigenvalue weighted by molar-refractivity contribution is -0.130. The summed E-state index contributed by atoms with van der Waals surface area (Å²) in [5, 5.41) is 6.38. The summed E-state index contributed by atoms with van der Waals surface area (Å²) in [4.78, 5) is 27.9. The van der Waals surface area contributed by atoms with Crippen LogP contribution in [-0.2, 0) is 17.6 Å². The van der Waals surface area contributed by atoms with Crippen molar-refractivity contribution in [3.8, 4) is 5.75 Å². The highest BCUT2D eigenvalue weighted by molar-refractivity contribution is 5.76. The van der Waals surface area contributed by atoms with Gasteiger partial charge in [0.25, 0.3) is 5.56 Å². The number of para-hydroxylation sites is 1. The Morgan fingerprint density at radius 1 is 1.27 bits per heavy atom. The van der Waals surface area contributed by atoms with Crippen LogP contribution in [0.25, 0.3) is 0 Å². The highest BCUT2D eigenvalue weighted by Crippen LogP contribution is 2.21. The number of aromatic nitrogens is 2. The molecule has 2 heterocycles. The van der Waals surface area contributed by atoms with E-state index in [-0.39, 0.29) is 11.5 Å². The van der Waals surface area contributed by atoms with Crippen molar-refractivity contribution in [2.45, 2.75) is 32.1 Å². The van der Waals surface area contributed by atoms with Gasteiger partial charge in [-0.3, -0.25) is 9.59 Å². The number of methoxy groups -OCH3 is 1. The largest absolute Gasteiger partial charge is 0.496 e. The van der Waals surface area contributed by atoms with Gasteiger partial charge in [0, 0.05) is 45.6 Å². The van der Waals surface area contributed by atoms with Gasteiger partial charge in [0.2, 0.25) is 5.91 Å². The Kier molecular flexibility index (Phi) is 8.02. The summed E-state index contributed by atoms with van der Waals surface area (Å²) in [6, 6.07) is 11.3. The number of nitrogens with one attached hydrogen (secondary N) is 1. The highest BCUT2D eigenvalue weighted by Gasteiger charge is 2.22. The Bertz CT molecular complexity index is 862. The third-order valence-electron chi connectivity index (χ3n) is 5.78. The number of aryl methyl sites for hydroxylation is 1. The summed E-state index contributed by atoms with van der Waals surface area (Å²) >= 11 is 0. The van der Waals surface area contributed by atoms with E-state index in [2.05, 4.69) is 27.2 Å². The summed E-state index contributed by atoms with van der Waals surface area (Å²) in [5.41, 5.74) is 1.75. The smallest absolute Gasteiger partial charge is 0.264 e. The Balaban J connectivity index is 1.43. The van der Waals surface area contributed by atoms with Gasteiger partial charge in [0.15, 0.2) is 0 Å². The summed E-state index contributed by atoms with van der Waals surface area (Å²) in [7, 11) is 3.60. The van der Waals surface area contributed by atoms with Crippen LogP contribution in [0.3, 0.4) is 0 Å². The lowest BCUT2D eigenvalue weighted by atomic mass is 9.97. The number of benzene rings is 1. The molecule has 1 saturated heterocycles. The predicted octanol–water partition coefficient (Wildman–Crippen LogP) is 2.12. The van der Waals surface area contributed by atoms with Crippen LogP contribution in [0, 0.1) is 5.92 Å². The van der Waals surface area contributed by atoms with Gasteiger partial charge in [-0.05, 0) is 49.4 Å². The molecule has 0 bridgehead atoms.